The van der Waals surface area contributed by atoms with Crippen molar-refractivity contribution in [3.8, 4) is 0 Å². The summed E-state index contributed by atoms with van der Waals surface area (Å²) in [5, 5.41) is 0. The van der Waals surface area contributed by atoms with Gasteiger partial charge < -0.3 is 0 Å². The largest absolute Gasteiger partial charge is 0.140 e. The molecule has 0 saturated carbocycles. The highest BCUT2D eigenvalue weighted by Crippen LogP contribution is 2.30. The Bertz CT molecular complexity index is 369. The Morgan fingerprint density at radius 1 is 1.00 bits per heavy atom. The quantitative estimate of drug-likeness (QED) is 0.630. The molecule has 0 spiro atoms. The van der Waals surface area contributed by atoms with Gasteiger partial charge in [0.05, 0.1) is 0 Å². The third-order valence-corrected chi connectivity index (χ3v) is 3.65. The Hall–Kier alpha value is -1.08. The normalized spacial score (nSPS) is 18.8. The number of thiophene rings is 1. The molecule has 2 rings (SSSR count). The Morgan fingerprint density at radius 3 is 2.43 bits per heavy atom. The monoisotopic (exact) mass is 202 g/mol. The summed E-state index contributed by atoms with van der Waals surface area (Å²) >= 11 is 1.89. The molecule has 0 radical (unpaired) electrons. The van der Waals surface area contributed by atoms with E-state index in [1.165, 1.54) is 15.3 Å². The second-order valence-corrected chi connectivity index (χ2v) is 4.84. The first-order valence-corrected chi connectivity index (χ1v) is 5.74. The van der Waals surface area contributed by atoms with Gasteiger partial charge in [0, 0.05) is 9.75 Å². The van der Waals surface area contributed by atoms with Gasteiger partial charge in [-0.3, -0.25) is 0 Å². The van der Waals surface area contributed by atoms with E-state index in [4.69, 9.17) is 0 Å². The van der Waals surface area contributed by atoms with Crippen molar-refractivity contribution in [3.05, 3.63) is 45.7 Å². The SMILES string of the molecule is CC(C)c1cc2c(s1)/C=C\C=C/C=C2. The summed E-state index contributed by atoms with van der Waals surface area (Å²) in [6.45, 7) is 4.48. The van der Waals surface area contributed by atoms with Gasteiger partial charge >= 0.3 is 0 Å². The number of rotatable bonds is 1. The van der Waals surface area contributed by atoms with Crippen LogP contribution in [0.5, 0.6) is 0 Å². The van der Waals surface area contributed by atoms with Crippen molar-refractivity contribution in [3.63, 3.8) is 0 Å². The van der Waals surface area contributed by atoms with E-state index in [1.807, 2.05) is 11.3 Å². The van der Waals surface area contributed by atoms with Gasteiger partial charge in [-0.1, -0.05) is 44.2 Å². The maximum Gasteiger partial charge on any atom is 0.0345 e. The van der Waals surface area contributed by atoms with Crippen LogP contribution in [0.15, 0.2) is 30.4 Å². The molecule has 1 aliphatic rings. The summed E-state index contributed by atoms with van der Waals surface area (Å²) in [6.07, 6.45) is 12.7. The van der Waals surface area contributed by atoms with E-state index in [1.54, 1.807) is 0 Å². The van der Waals surface area contributed by atoms with Crippen LogP contribution in [0, 0.1) is 0 Å². The lowest BCUT2D eigenvalue weighted by molar-refractivity contribution is 0.889. The molecule has 14 heavy (non-hydrogen) atoms. The Balaban J connectivity index is 2.45. The van der Waals surface area contributed by atoms with Crippen LogP contribution in [0.4, 0.5) is 0 Å². The second kappa shape index (κ2) is 3.97. The summed E-state index contributed by atoms with van der Waals surface area (Å²) < 4.78 is 0. The van der Waals surface area contributed by atoms with E-state index in [0.29, 0.717) is 5.92 Å². The van der Waals surface area contributed by atoms with Crippen molar-refractivity contribution in [2.75, 3.05) is 0 Å². The molecule has 1 aromatic rings. The van der Waals surface area contributed by atoms with Gasteiger partial charge in [0.25, 0.3) is 0 Å². The summed E-state index contributed by atoms with van der Waals surface area (Å²) in [7, 11) is 0. The lowest BCUT2D eigenvalue weighted by Crippen LogP contribution is -1.78. The van der Waals surface area contributed by atoms with Crippen LogP contribution in [0.25, 0.3) is 12.2 Å². The fourth-order valence-corrected chi connectivity index (χ4v) is 2.48. The van der Waals surface area contributed by atoms with Gasteiger partial charge in [-0.25, -0.2) is 0 Å². The molecule has 0 nitrogen and oxygen atoms in total. The molecule has 0 fully saturated rings. The van der Waals surface area contributed by atoms with E-state index < -0.39 is 0 Å². The summed E-state index contributed by atoms with van der Waals surface area (Å²) in [5.41, 5.74) is 1.35. The lowest BCUT2D eigenvalue weighted by Gasteiger charge is -1.96. The van der Waals surface area contributed by atoms with Crippen molar-refractivity contribution in [2.24, 2.45) is 0 Å². The summed E-state index contributed by atoms with van der Waals surface area (Å²) in [6, 6.07) is 2.30. The van der Waals surface area contributed by atoms with Gasteiger partial charge in [0.1, 0.15) is 0 Å². The van der Waals surface area contributed by atoms with Crippen molar-refractivity contribution in [1.29, 1.82) is 0 Å². The molecule has 0 amide bonds. The molecule has 1 aliphatic carbocycles. The van der Waals surface area contributed by atoms with Crippen molar-refractivity contribution >= 4 is 23.5 Å². The predicted molar refractivity (Wildman–Crippen MR) is 65.6 cm³/mol. The highest BCUT2D eigenvalue weighted by Gasteiger charge is 2.07. The molecular formula is C13H14S. The van der Waals surface area contributed by atoms with Gasteiger partial charge in [-0.05, 0) is 23.6 Å². The average Bonchev–Trinajstić information content (AvgIpc) is 2.48. The van der Waals surface area contributed by atoms with Crippen LogP contribution >= 0.6 is 11.3 Å². The first-order chi connectivity index (χ1) is 6.77. The molecule has 0 N–H and O–H groups in total. The van der Waals surface area contributed by atoms with E-state index in [-0.39, 0.29) is 0 Å². The van der Waals surface area contributed by atoms with Crippen LogP contribution < -0.4 is 0 Å². The molecule has 1 heterocycles. The minimum atomic E-state index is 0.628. The topological polar surface area (TPSA) is 0 Å². The Kier molecular flexibility index (Phi) is 2.69. The van der Waals surface area contributed by atoms with E-state index in [2.05, 4.69) is 56.4 Å². The van der Waals surface area contributed by atoms with Gasteiger partial charge in [-0.15, -0.1) is 11.3 Å². The highest BCUT2D eigenvalue weighted by atomic mass is 32.1. The average molecular weight is 202 g/mol. The molecular weight excluding hydrogens is 188 g/mol. The van der Waals surface area contributed by atoms with Crippen molar-refractivity contribution in [2.45, 2.75) is 19.8 Å². The maximum atomic E-state index is 2.30. The molecule has 0 saturated heterocycles. The first kappa shape index (κ1) is 9.47. The van der Waals surface area contributed by atoms with Crippen molar-refractivity contribution < 1.29 is 0 Å². The fourth-order valence-electron chi connectivity index (χ4n) is 1.42. The molecule has 1 heteroatoms. The maximum absolute atomic E-state index is 2.30. The van der Waals surface area contributed by atoms with Gasteiger partial charge in [0.15, 0.2) is 0 Å². The zero-order chi connectivity index (χ0) is 9.97. The van der Waals surface area contributed by atoms with Crippen LogP contribution in [0.3, 0.4) is 0 Å². The smallest absolute Gasteiger partial charge is 0.0345 e. The van der Waals surface area contributed by atoms with Crippen LogP contribution in [-0.2, 0) is 0 Å². The first-order valence-electron chi connectivity index (χ1n) is 4.92. The molecule has 0 aromatic carbocycles. The fraction of sp³-hybridized carbons (Fsp3) is 0.231. The van der Waals surface area contributed by atoms with E-state index in [0.717, 1.165) is 0 Å². The number of hydrogen-bond acceptors (Lipinski definition) is 1. The minimum Gasteiger partial charge on any atom is -0.140 e. The van der Waals surface area contributed by atoms with Gasteiger partial charge in [-0.2, -0.15) is 0 Å². The third-order valence-electron chi connectivity index (χ3n) is 2.24. The van der Waals surface area contributed by atoms with Gasteiger partial charge in [0.2, 0.25) is 0 Å². The van der Waals surface area contributed by atoms with Crippen LogP contribution in [-0.4, -0.2) is 0 Å². The molecule has 0 unspecified atom stereocenters. The second-order valence-electron chi connectivity index (χ2n) is 3.73. The standard InChI is InChI=1S/C13H14S/c1-10(2)13-9-11-7-5-3-4-6-8-12(11)14-13/h3-10H,1-2H3/b4-3-,5-3?,6-4?,7-5?,8-6-,11-7?,12-8?. The van der Waals surface area contributed by atoms with E-state index >= 15 is 0 Å². The molecule has 72 valence electrons. The summed E-state index contributed by atoms with van der Waals surface area (Å²) in [5.74, 6) is 0.628. The zero-order valence-corrected chi connectivity index (χ0v) is 9.34. The predicted octanol–water partition coefficient (Wildman–Crippen LogP) is 4.47. The third kappa shape index (κ3) is 1.88. The van der Waals surface area contributed by atoms with Crippen LogP contribution in [0.1, 0.15) is 35.1 Å². The highest BCUT2D eigenvalue weighted by molar-refractivity contribution is 7.13. The molecule has 1 aromatic heterocycles. The minimum absolute atomic E-state index is 0.628. The summed E-state index contributed by atoms with van der Waals surface area (Å²) in [4.78, 5) is 2.83. The van der Waals surface area contributed by atoms with Crippen LogP contribution in [0.2, 0.25) is 0 Å². The number of hydrogen-bond donors (Lipinski definition) is 0. The molecule has 0 aliphatic heterocycles. The zero-order valence-electron chi connectivity index (χ0n) is 8.53. The molecule has 0 atom stereocenters. The Morgan fingerprint density at radius 2 is 1.71 bits per heavy atom. The number of fused-ring (bicyclic) bond motifs is 1. The number of allylic oxidation sites excluding steroid dienone is 4. The Labute approximate surface area is 89.3 Å². The van der Waals surface area contributed by atoms with Crippen molar-refractivity contribution in [1.82, 2.24) is 0 Å². The molecule has 0 bridgehead atoms. The lowest BCUT2D eigenvalue weighted by atomic mass is 10.1. The van der Waals surface area contributed by atoms with E-state index in [9.17, 15) is 0 Å².